The van der Waals surface area contributed by atoms with Crippen LogP contribution in [0.15, 0.2) is 24.3 Å². The molecule has 0 spiro atoms. The minimum atomic E-state index is 0.0699. The third-order valence-electron chi connectivity index (χ3n) is 2.42. The largest absolute Gasteiger partial charge is 0.329 e. The predicted molar refractivity (Wildman–Crippen MR) is 64.5 cm³/mol. The third-order valence-corrected chi connectivity index (χ3v) is 2.42. The summed E-state index contributed by atoms with van der Waals surface area (Å²) < 4.78 is 0. The average Bonchev–Trinajstić information content (AvgIpc) is 2.21. The smallest absolute Gasteiger partial charge is 0.0292 e. The van der Waals surface area contributed by atoms with E-state index in [0.29, 0.717) is 6.54 Å². The summed E-state index contributed by atoms with van der Waals surface area (Å²) >= 11 is 0. The lowest BCUT2D eigenvalue weighted by Gasteiger charge is -2.20. The Balaban J connectivity index is 2.44. The van der Waals surface area contributed by atoms with Crippen LogP contribution in [0.5, 0.6) is 0 Å². The second-order valence-corrected chi connectivity index (χ2v) is 4.18. The fraction of sp³-hybridized carbons (Fsp3) is 0.500. The van der Waals surface area contributed by atoms with Gasteiger partial charge in [-0.3, -0.25) is 0 Å². The molecule has 0 aliphatic carbocycles. The Hall–Kier alpha value is -0.900. The molecule has 0 heterocycles. The topological polar surface area (TPSA) is 55.3 Å². The van der Waals surface area contributed by atoms with Crippen LogP contribution in [0.1, 0.15) is 11.1 Å². The predicted octanol–water partition coefficient (Wildman–Crippen LogP) is 0.713. The van der Waals surface area contributed by atoms with Crippen LogP contribution < -0.4 is 11.5 Å². The fourth-order valence-electron chi connectivity index (χ4n) is 1.54. The molecular formula is C12H21N3. The zero-order chi connectivity index (χ0) is 11.3. The Labute approximate surface area is 92.1 Å². The van der Waals surface area contributed by atoms with E-state index in [-0.39, 0.29) is 6.04 Å². The van der Waals surface area contributed by atoms with Gasteiger partial charge in [0.25, 0.3) is 0 Å². The van der Waals surface area contributed by atoms with Crippen LogP contribution >= 0.6 is 0 Å². The minimum absolute atomic E-state index is 0.0699. The number of nitrogens with zero attached hydrogens (tertiary/aromatic N) is 1. The van der Waals surface area contributed by atoms with Crippen LogP contribution in [0.3, 0.4) is 0 Å². The molecule has 84 valence electrons. The molecule has 0 saturated carbocycles. The number of benzene rings is 1. The van der Waals surface area contributed by atoms with E-state index >= 15 is 0 Å². The summed E-state index contributed by atoms with van der Waals surface area (Å²) in [7, 11) is 2.06. The van der Waals surface area contributed by atoms with Crippen LogP contribution in [-0.4, -0.2) is 31.1 Å². The highest BCUT2D eigenvalue weighted by molar-refractivity contribution is 5.21. The number of aryl methyl sites for hydroxylation is 1. The Morgan fingerprint density at radius 2 is 1.87 bits per heavy atom. The van der Waals surface area contributed by atoms with Gasteiger partial charge in [0.05, 0.1) is 0 Å². The molecule has 1 rings (SSSR count). The molecule has 1 unspecified atom stereocenters. The Morgan fingerprint density at radius 1 is 1.27 bits per heavy atom. The van der Waals surface area contributed by atoms with Gasteiger partial charge in [0.2, 0.25) is 0 Å². The quantitative estimate of drug-likeness (QED) is 0.748. The molecule has 0 amide bonds. The number of nitrogens with two attached hydrogens (primary N) is 2. The molecule has 3 nitrogen and oxygen atoms in total. The van der Waals surface area contributed by atoms with Crippen molar-refractivity contribution in [1.29, 1.82) is 0 Å². The first-order valence-corrected chi connectivity index (χ1v) is 5.31. The number of hydrogen-bond donors (Lipinski definition) is 2. The lowest BCUT2D eigenvalue weighted by molar-refractivity contribution is 0.305. The maximum atomic E-state index is 5.78. The van der Waals surface area contributed by atoms with Crippen molar-refractivity contribution in [2.45, 2.75) is 19.5 Å². The lowest BCUT2D eigenvalue weighted by atomic mass is 10.1. The van der Waals surface area contributed by atoms with Crippen LogP contribution in [0.2, 0.25) is 0 Å². The van der Waals surface area contributed by atoms with Crippen molar-refractivity contribution >= 4 is 0 Å². The summed E-state index contributed by atoms with van der Waals surface area (Å²) in [5, 5.41) is 0. The van der Waals surface area contributed by atoms with Gasteiger partial charge in [0, 0.05) is 25.7 Å². The van der Waals surface area contributed by atoms with E-state index in [1.807, 2.05) is 0 Å². The van der Waals surface area contributed by atoms with E-state index in [0.717, 1.165) is 13.1 Å². The van der Waals surface area contributed by atoms with E-state index in [2.05, 4.69) is 43.1 Å². The molecule has 0 bridgehead atoms. The normalized spacial score (nSPS) is 13.1. The van der Waals surface area contributed by atoms with Crippen molar-refractivity contribution < 1.29 is 0 Å². The summed E-state index contributed by atoms with van der Waals surface area (Å²) in [5.41, 5.74) is 13.9. The highest BCUT2D eigenvalue weighted by atomic mass is 15.1. The van der Waals surface area contributed by atoms with Crippen LogP contribution in [0.4, 0.5) is 0 Å². The summed E-state index contributed by atoms with van der Waals surface area (Å²) in [5.74, 6) is 0. The molecular weight excluding hydrogens is 186 g/mol. The summed E-state index contributed by atoms with van der Waals surface area (Å²) in [4.78, 5) is 2.20. The van der Waals surface area contributed by atoms with Crippen LogP contribution in [0, 0.1) is 6.92 Å². The first-order chi connectivity index (χ1) is 7.11. The molecule has 0 radical (unpaired) electrons. The molecule has 15 heavy (non-hydrogen) atoms. The van der Waals surface area contributed by atoms with Crippen LogP contribution in [-0.2, 0) is 6.54 Å². The standard InChI is InChI=1S/C12H21N3/c1-10-3-5-11(6-4-10)8-15(2)9-12(14)7-13/h3-6,12H,7-9,13-14H2,1-2H3. The van der Waals surface area contributed by atoms with Gasteiger partial charge in [0.1, 0.15) is 0 Å². The Morgan fingerprint density at radius 3 is 2.40 bits per heavy atom. The molecule has 1 aromatic carbocycles. The molecule has 3 heteroatoms. The average molecular weight is 207 g/mol. The molecule has 0 saturated heterocycles. The summed E-state index contributed by atoms with van der Waals surface area (Å²) in [6.45, 7) is 4.40. The van der Waals surface area contributed by atoms with Gasteiger partial charge in [-0.15, -0.1) is 0 Å². The van der Waals surface area contributed by atoms with Crippen molar-refractivity contribution in [2.24, 2.45) is 11.5 Å². The first kappa shape index (κ1) is 12.2. The highest BCUT2D eigenvalue weighted by Crippen LogP contribution is 2.05. The van der Waals surface area contributed by atoms with Gasteiger partial charge >= 0.3 is 0 Å². The summed E-state index contributed by atoms with van der Waals surface area (Å²) in [6, 6.07) is 8.64. The molecule has 4 N–H and O–H groups in total. The van der Waals surface area contributed by atoms with Gasteiger partial charge in [-0.2, -0.15) is 0 Å². The van der Waals surface area contributed by atoms with E-state index in [1.165, 1.54) is 11.1 Å². The Bertz CT molecular complexity index is 281. The molecule has 0 aliphatic heterocycles. The molecule has 1 aromatic rings. The maximum absolute atomic E-state index is 5.78. The Kier molecular flexibility index (Phi) is 4.75. The molecule has 0 aromatic heterocycles. The van der Waals surface area contributed by atoms with Gasteiger partial charge < -0.3 is 16.4 Å². The zero-order valence-corrected chi connectivity index (χ0v) is 9.61. The van der Waals surface area contributed by atoms with E-state index in [4.69, 9.17) is 11.5 Å². The monoisotopic (exact) mass is 207 g/mol. The zero-order valence-electron chi connectivity index (χ0n) is 9.61. The van der Waals surface area contributed by atoms with E-state index < -0.39 is 0 Å². The number of rotatable bonds is 5. The number of hydrogen-bond acceptors (Lipinski definition) is 3. The van der Waals surface area contributed by atoms with Crippen LogP contribution in [0.25, 0.3) is 0 Å². The lowest BCUT2D eigenvalue weighted by Crippen LogP contribution is -2.40. The molecule has 0 aliphatic rings. The minimum Gasteiger partial charge on any atom is -0.329 e. The van der Waals surface area contributed by atoms with Gasteiger partial charge in [-0.25, -0.2) is 0 Å². The number of likely N-dealkylation sites (N-methyl/N-ethyl adjacent to an activating group) is 1. The molecule has 0 fully saturated rings. The summed E-state index contributed by atoms with van der Waals surface area (Å²) in [6.07, 6.45) is 0. The van der Waals surface area contributed by atoms with Crippen molar-refractivity contribution in [3.63, 3.8) is 0 Å². The second-order valence-electron chi connectivity index (χ2n) is 4.18. The maximum Gasteiger partial charge on any atom is 0.0292 e. The van der Waals surface area contributed by atoms with Crippen molar-refractivity contribution in [1.82, 2.24) is 4.90 Å². The first-order valence-electron chi connectivity index (χ1n) is 5.31. The third kappa shape index (κ3) is 4.42. The van der Waals surface area contributed by atoms with E-state index in [1.54, 1.807) is 0 Å². The van der Waals surface area contributed by atoms with Gasteiger partial charge in [-0.1, -0.05) is 29.8 Å². The van der Waals surface area contributed by atoms with Crippen molar-refractivity contribution in [3.05, 3.63) is 35.4 Å². The fourth-order valence-corrected chi connectivity index (χ4v) is 1.54. The SMILES string of the molecule is Cc1ccc(CN(C)CC(N)CN)cc1. The van der Waals surface area contributed by atoms with Crippen molar-refractivity contribution in [2.75, 3.05) is 20.1 Å². The van der Waals surface area contributed by atoms with Gasteiger partial charge in [0.15, 0.2) is 0 Å². The second kappa shape index (κ2) is 5.85. The molecule has 1 atom stereocenters. The van der Waals surface area contributed by atoms with Gasteiger partial charge in [-0.05, 0) is 19.5 Å². The van der Waals surface area contributed by atoms with Crippen molar-refractivity contribution in [3.8, 4) is 0 Å². The highest BCUT2D eigenvalue weighted by Gasteiger charge is 2.05. The van der Waals surface area contributed by atoms with E-state index in [9.17, 15) is 0 Å².